The molecule has 0 aliphatic heterocycles. The first-order valence-corrected chi connectivity index (χ1v) is 11.8. The third-order valence-corrected chi connectivity index (χ3v) is 6.30. The van der Waals surface area contributed by atoms with Gasteiger partial charge >= 0.3 is 11.9 Å². The molecule has 164 valence electrons. The summed E-state index contributed by atoms with van der Waals surface area (Å²) in [5, 5.41) is 17.7. The van der Waals surface area contributed by atoms with Crippen LogP contribution >= 0.6 is 11.8 Å². The van der Waals surface area contributed by atoms with Crippen LogP contribution in [0, 0.1) is 0 Å². The van der Waals surface area contributed by atoms with Gasteiger partial charge in [0.1, 0.15) is 5.76 Å². The van der Waals surface area contributed by atoms with Gasteiger partial charge < -0.3 is 14.6 Å². The largest absolute Gasteiger partial charge is 0.481 e. The Bertz CT molecular complexity index is 756. The predicted octanol–water partition coefficient (Wildman–Crippen LogP) is 6.13. The summed E-state index contributed by atoms with van der Waals surface area (Å²) >= 11 is 1.35. The highest BCUT2D eigenvalue weighted by atomic mass is 32.2. The summed E-state index contributed by atoms with van der Waals surface area (Å²) in [7, 11) is 0. The summed E-state index contributed by atoms with van der Waals surface area (Å²) in [5.74, 6) is -0.715. The molecule has 1 heterocycles. The van der Waals surface area contributed by atoms with Crippen molar-refractivity contribution in [2.45, 2.75) is 69.5 Å². The van der Waals surface area contributed by atoms with Crippen molar-refractivity contribution in [3.8, 4) is 0 Å². The molecule has 0 bridgehead atoms. The molecule has 0 fully saturated rings. The molecule has 1 unspecified atom stereocenters. The number of hydrogen-bond acceptors (Lipinski definition) is 4. The Labute approximate surface area is 182 Å². The SMILES string of the molecule is O=C(O)CCSC(CC(=O)O)c1occc1CCCCCCCCc1ccccc1. The van der Waals surface area contributed by atoms with Crippen molar-refractivity contribution in [3.05, 3.63) is 59.5 Å². The fraction of sp³-hybridized carbons (Fsp3) is 0.500. The van der Waals surface area contributed by atoms with Crippen molar-refractivity contribution in [3.63, 3.8) is 0 Å². The first-order chi connectivity index (χ1) is 14.6. The number of furan rings is 1. The number of thioether (sulfide) groups is 1. The van der Waals surface area contributed by atoms with Crippen LogP contribution in [0.2, 0.25) is 0 Å². The maximum absolute atomic E-state index is 11.2. The van der Waals surface area contributed by atoms with E-state index in [1.165, 1.54) is 43.0 Å². The van der Waals surface area contributed by atoms with Crippen molar-refractivity contribution in [1.29, 1.82) is 0 Å². The first-order valence-electron chi connectivity index (χ1n) is 10.7. The van der Waals surface area contributed by atoms with Crippen LogP contribution in [-0.2, 0) is 22.4 Å². The van der Waals surface area contributed by atoms with Crippen LogP contribution in [0.3, 0.4) is 0 Å². The van der Waals surface area contributed by atoms with Crippen LogP contribution in [0.5, 0.6) is 0 Å². The van der Waals surface area contributed by atoms with Crippen LogP contribution in [0.4, 0.5) is 0 Å². The van der Waals surface area contributed by atoms with Gasteiger partial charge in [-0.3, -0.25) is 9.59 Å². The van der Waals surface area contributed by atoms with Gasteiger partial charge in [-0.15, -0.1) is 11.8 Å². The maximum Gasteiger partial charge on any atom is 0.304 e. The molecule has 0 saturated heterocycles. The summed E-state index contributed by atoms with van der Waals surface area (Å²) in [6.07, 6.45) is 10.7. The van der Waals surface area contributed by atoms with E-state index >= 15 is 0 Å². The van der Waals surface area contributed by atoms with E-state index in [1.807, 2.05) is 12.1 Å². The van der Waals surface area contributed by atoms with Crippen molar-refractivity contribution in [2.75, 3.05) is 5.75 Å². The second-order valence-corrected chi connectivity index (χ2v) is 8.83. The zero-order chi connectivity index (χ0) is 21.6. The van der Waals surface area contributed by atoms with Gasteiger partial charge in [0.05, 0.1) is 24.4 Å². The van der Waals surface area contributed by atoms with Crippen LogP contribution < -0.4 is 0 Å². The van der Waals surface area contributed by atoms with Gasteiger partial charge in [0.25, 0.3) is 0 Å². The topological polar surface area (TPSA) is 87.7 Å². The van der Waals surface area contributed by atoms with Gasteiger partial charge in [-0.1, -0.05) is 56.0 Å². The Balaban J connectivity index is 1.68. The molecule has 1 atom stereocenters. The Kier molecular flexibility index (Phi) is 11.2. The molecule has 0 radical (unpaired) electrons. The zero-order valence-electron chi connectivity index (χ0n) is 17.4. The molecule has 1 aromatic heterocycles. The lowest BCUT2D eigenvalue weighted by Gasteiger charge is -2.14. The number of aliphatic carboxylic acids is 2. The van der Waals surface area contributed by atoms with E-state index < -0.39 is 11.9 Å². The van der Waals surface area contributed by atoms with E-state index in [-0.39, 0.29) is 18.1 Å². The first kappa shape index (κ1) is 24.1. The van der Waals surface area contributed by atoms with E-state index in [0.29, 0.717) is 11.5 Å². The molecule has 6 heteroatoms. The van der Waals surface area contributed by atoms with Gasteiger partial charge in [0.15, 0.2) is 0 Å². The van der Waals surface area contributed by atoms with E-state index in [0.717, 1.165) is 31.2 Å². The number of aryl methyl sites for hydroxylation is 2. The number of carboxylic acids is 2. The summed E-state index contributed by atoms with van der Waals surface area (Å²) in [6.45, 7) is 0. The molecule has 30 heavy (non-hydrogen) atoms. The fourth-order valence-electron chi connectivity index (χ4n) is 3.51. The molecule has 0 spiro atoms. The molecule has 0 aliphatic rings. The Morgan fingerprint density at radius 2 is 1.53 bits per heavy atom. The normalized spacial score (nSPS) is 12.0. The molecular formula is C24H32O5S. The van der Waals surface area contributed by atoms with Crippen LogP contribution in [0.15, 0.2) is 47.1 Å². The van der Waals surface area contributed by atoms with Crippen LogP contribution in [0.25, 0.3) is 0 Å². The Morgan fingerprint density at radius 3 is 2.20 bits per heavy atom. The average Bonchev–Trinajstić information content (AvgIpc) is 3.18. The summed E-state index contributed by atoms with van der Waals surface area (Å²) in [4.78, 5) is 22.0. The molecule has 1 aromatic carbocycles. The van der Waals surface area contributed by atoms with E-state index in [1.54, 1.807) is 6.26 Å². The number of benzene rings is 1. The van der Waals surface area contributed by atoms with Crippen molar-refractivity contribution >= 4 is 23.7 Å². The average molecular weight is 433 g/mol. The highest BCUT2D eigenvalue weighted by Crippen LogP contribution is 2.36. The molecule has 5 nitrogen and oxygen atoms in total. The van der Waals surface area contributed by atoms with Gasteiger partial charge in [-0.2, -0.15) is 0 Å². The predicted molar refractivity (Wildman–Crippen MR) is 120 cm³/mol. The smallest absolute Gasteiger partial charge is 0.304 e. The summed E-state index contributed by atoms with van der Waals surface area (Å²) in [5.41, 5.74) is 2.45. The fourth-order valence-corrected chi connectivity index (χ4v) is 4.70. The minimum absolute atomic E-state index is 0.0150. The van der Waals surface area contributed by atoms with E-state index in [9.17, 15) is 14.7 Å². The highest BCUT2D eigenvalue weighted by Gasteiger charge is 2.22. The summed E-state index contributed by atoms with van der Waals surface area (Å²) in [6, 6.07) is 12.5. The molecule has 0 aliphatic carbocycles. The number of carbonyl (C=O) groups is 2. The second-order valence-electron chi connectivity index (χ2n) is 7.52. The molecule has 2 aromatic rings. The third-order valence-electron chi connectivity index (χ3n) is 5.07. The third kappa shape index (κ3) is 9.53. The molecule has 2 rings (SSSR count). The molecule has 2 N–H and O–H groups in total. The standard InChI is InChI=1S/C24H32O5S/c25-22(26)15-17-30-21(18-23(27)28)24-20(14-16-29-24)13-9-4-2-1-3-6-10-19-11-7-5-8-12-19/h5,7-8,11-12,14,16,21H,1-4,6,9-10,13,15,17-18H2,(H,25,26)(H,27,28). The van der Waals surface area contributed by atoms with Crippen LogP contribution in [-0.4, -0.2) is 27.9 Å². The van der Waals surface area contributed by atoms with Gasteiger partial charge in [-0.05, 0) is 42.9 Å². The molecular weight excluding hydrogens is 400 g/mol. The Hall–Kier alpha value is -2.21. The van der Waals surface area contributed by atoms with E-state index in [4.69, 9.17) is 9.52 Å². The Morgan fingerprint density at radius 1 is 0.867 bits per heavy atom. The number of carboxylic acid groups (broad SMARTS) is 2. The lowest BCUT2D eigenvalue weighted by Crippen LogP contribution is -2.06. The zero-order valence-corrected chi connectivity index (χ0v) is 18.2. The monoisotopic (exact) mass is 432 g/mol. The molecule has 0 saturated carbocycles. The van der Waals surface area contributed by atoms with Gasteiger partial charge in [0, 0.05) is 5.75 Å². The van der Waals surface area contributed by atoms with Crippen molar-refractivity contribution in [1.82, 2.24) is 0 Å². The lowest BCUT2D eigenvalue weighted by molar-refractivity contribution is -0.137. The van der Waals surface area contributed by atoms with Gasteiger partial charge in [-0.25, -0.2) is 0 Å². The second kappa shape index (κ2) is 13.9. The number of hydrogen-bond donors (Lipinski definition) is 2. The molecule has 0 amide bonds. The van der Waals surface area contributed by atoms with Gasteiger partial charge in [0.2, 0.25) is 0 Å². The maximum atomic E-state index is 11.2. The number of unbranched alkanes of at least 4 members (excludes halogenated alkanes) is 5. The highest BCUT2D eigenvalue weighted by molar-refractivity contribution is 7.99. The minimum atomic E-state index is -0.902. The lowest BCUT2D eigenvalue weighted by atomic mass is 10.0. The number of rotatable bonds is 16. The quantitative estimate of drug-likeness (QED) is 0.310. The van der Waals surface area contributed by atoms with E-state index in [2.05, 4.69) is 24.3 Å². The van der Waals surface area contributed by atoms with Crippen LogP contribution in [0.1, 0.15) is 73.5 Å². The summed E-state index contributed by atoms with van der Waals surface area (Å²) < 4.78 is 5.61. The minimum Gasteiger partial charge on any atom is -0.481 e. The van der Waals surface area contributed by atoms with Crippen molar-refractivity contribution < 1.29 is 24.2 Å². The van der Waals surface area contributed by atoms with Crippen molar-refractivity contribution in [2.24, 2.45) is 0 Å².